The van der Waals surface area contributed by atoms with Gasteiger partial charge in [0.05, 0.1) is 34.3 Å². The lowest BCUT2D eigenvalue weighted by molar-refractivity contribution is -0.00354. The second-order valence-electron chi connectivity index (χ2n) is 3.29. The minimum Gasteiger partial charge on any atom is -0.377 e. The van der Waals surface area contributed by atoms with Gasteiger partial charge in [-0.05, 0) is 0 Å². The monoisotopic (exact) mass is 280 g/mol. The van der Waals surface area contributed by atoms with Gasteiger partial charge in [-0.25, -0.2) is 4.98 Å². The summed E-state index contributed by atoms with van der Waals surface area (Å²) in [4.78, 5) is 15.6. The van der Waals surface area contributed by atoms with Crippen LogP contribution in [0, 0.1) is 0 Å². The average Bonchev–Trinajstić information content (AvgIpc) is 2.20. The summed E-state index contributed by atoms with van der Waals surface area (Å²) in [5.74, 6) is -0.378. The number of hydrogen-bond donors (Lipinski definition) is 1. The van der Waals surface area contributed by atoms with E-state index < -0.39 is 0 Å². The van der Waals surface area contributed by atoms with Gasteiger partial charge in [0.2, 0.25) is 0 Å². The number of aromatic nitrogens is 1. The highest BCUT2D eigenvalue weighted by molar-refractivity contribution is 6.48. The van der Waals surface area contributed by atoms with Crippen LogP contribution in [0.5, 0.6) is 0 Å². The summed E-state index contributed by atoms with van der Waals surface area (Å²) < 4.78 is 4.93. The van der Waals surface area contributed by atoms with Crippen molar-refractivity contribution in [3.05, 3.63) is 27.0 Å². The lowest BCUT2D eigenvalue weighted by Crippen LogP contribution is -2.48. The normalized spacial score (nSPS) is 15.7. The van der Waals surface area contributed by atoms with Gasteiger partial charge in [0.1, 0.15) is 5.69 Å². The number of nitrogens with zero attached hydrogens (tertiary/aromatic N) is 1. The van der Waals surface area contributed by atoms with Gasteiger partial charge in [0.15, 0.2) is 0 Å². The first kappa shape index (κ1) is 11.9. The molecule has 1 aromatic rings. The minimum absolute atomic E-state index is 0.0137. The Labute approximate surface area is 107 Å². The molecule has 86 valence electrons. The van der Waals surface area contributed by atoms with E-state index in [-0.39, 0.29) is 32.7 Å². The minimum atomic E-state index is -0.378. The molecule has 0 aromatic carbocycles. The number of nitrogens with one attached hydrogen (secondary N) is 1. The largest absolute Gasteiger partial charge is 0.377 e. The molecular formula is C9H7Cl3N2O2. The zero-order chi connectivity index (χ0) is 11.7. The molecule has 1 N–H and O–H groups in total. The van der Waals surface area contributed by atoms with Gasteiger partial charge in [-0.2, -0.15) is 0 Å². The zero-order valence-electron chi connectivity index (χ0n) is 7.97. The molecule has 0 unspecified atom stereocenters. The van der Waals surface area contributed by atoms with Crippen LogP contribution in [-0.2, 0) is 4.74 Å². The Morgan fingerprint density at radius 3 is 2.62 bits per heavy atom. The Kier molecular flexibility index (Phi) is 3.54. The number of halogens is 3. The van der Waals surface area contributed by atoms with Gasteiger partial charge in [-0.1, -0.05) is 34.8 Å². The van der Waals surface area contributed by atoms with Crippen molar-refractivity contribution < 1.29 is 9.53 Å². The number of carbonyl (C=O) groups excluding carboxylic acids is 1. The number of hydrogen-bond acceptors (Lipinski definition) is 3. The maximum Gasteiger partial charge on any atom is 0.271 e. The quantitative estimate of drug-likeness (QED) is 0.904. The Hall–Kier alpha value is -0.550. The molecule has 1 fully saturated rings. The van der Waals surface area contributed by atoms with E-state index in [1.54, 1.807) is 0 Å². The maximum atomic E-state index is 11.7. The van der Waals surface area contributed by atoms with E-state index in [2.05, 4.69) is 10.3 Å². The summed E-state index contributed by atoms with van der Waals surface area (Å²) in [5, 5.41) is 3.12. The van der Waals surface area contributed by atoms with Crippen LogP contribution in [0.2, 0.25) is 15.1 Å². The Bertz CT molecular complexity index is 435. The number of pyridine rings is 1. The summed E-state index contributed by atoms with van der Waals surface area (Å²) in [6.07, 6.45) is 1.29. The van der Waals surface area contributed by atoms with Crippen LogP contribution in [0.1, 0.15) is 10.5 Å². The summed E-state index contributed by atoms with van der Waals surface area (Å²) in [7, 11) is 0. The topological polar surface area (TPSA) is 51.2 Å². The maximum absolute atomic E-state index is 11.7. The molecule has 0 bridgehead atoms. The van der Waals surface area contributed by atoms with Crippen molar-refractivity contribution in [1.29, 1.82) is 0 Å². The second-order valence-corrected chi connectivity index (χ2v) is 4.45. The molecule has 0 radical (unpaired) electrons. The van der Waals surface area contributed by atoms with Crippen molar-refractivity contribution >= 4 is 40.7 Å². The summed E-state index contributed by atoms with van der Waals surface area (Å²) >= 11 is 17.4. The molecule has 7 heteroatoms. The molecular weight excluding hydrogens is 274 g/mol. The molecule has 0 saturated carbocycles. The molecule has 0 spiro atoms. The standard InChI is InChI=1S/C9H7Cl3N2O2/c10-5-1-13-8(7(12)6(5)11)9(15)14-4-2-16-3-4/h1,4H,2-3H2,(H,14,15). The first-order chi connectivity index (χ1) is 7.59. The fraction of sp³-hybridized carbons (Fsp3) is 0.333. The highest BCUT2D eigenvalue weighted by Gasteiger charge is 2.24. The summed E-state index contributed by atoms with van der Waals surface area (Å²) in [6, 6.07) is 0.0137. The van der Waals surface area contributed by atoms with Crippen molar-refractivity contribution in [2.75, 3.05) is 13.2 Å². The number of amides is 1. The second kappa shape index (κ2) is 4.75. The molecule has 2 rings (SSSR count). The third kappa shape index (κ3) is 2.25. The van der Waals surface area contributed by atoms with Gasteiger partial charge < -0.3 is 10.1 Å². The van der Waals surface area contributed by atoms with Crippen LogP contribution in [-0.4, -0.2) is 30.1 Å². The van der Waals surface area contributed by atoms with Crippen LogP contribution in [0.25, 0.3) is 0 Å². The van der Waals surface area contributed by atoms with Crippen molar-refractivity contribution in [3.8, 4) is 0 Å². The molecule has 0 aliphatic carbocycles. The summed E-state index contributed by atoms with van der Waals surface area (Å²) in [5.41, 5.74) is 0.0722. The molecule has 1 aliphatic heterocycles. The van der Waals surface area contributed by atoms with Gasteiger partial charge in [-0.15, -0.1) is 0 Å². The predicted octanol–water partition coefficient (Wildman–Crippen LogP) is 2.17. The van der Waals surface area contributed by atoms with Gasteiger partial charge in [0, 0.05) is 6.20 Å². The zero-order valence-corrected chi connectivity index (χ0v) is 10.2. The highest BCUT2D eigenvalue weighted by atomic mass is 35.5. The van der Waals surface area contributed by atoms with E-state index in [4.69, 9.17) is 39.5 Å². The first-order valence-electron chi connectivity index (χ1n) is 4.47. The molecule has 1 aromatic heterocycles. The van der Waals surface area contributed by atoms with E-state index in [1.165, 1.54) is 6.20 Å². The van der Waals surface area contributed by atoms with Crippen molar-refractivity contribution in [2.45, 2.75) is 6.04 Å². The van der Waals surface area contributed by atoms with E-state index in [0.29, 0.717) is 13.2 Å². The van der Waals surface area contributed by atoms with Crippen LogP contribution < -0.4 is 5.32 Å². The number of rotatable bonds is 2. The Balaban J connectivity index is 2.19. The van der Waals surface area contributed by atoms with Crippen LogP contribution in [0.4, 0.5) is 0 Å². The Morgan fingerprint density at radius 2 is 2.06 bits per heavy atom. The molecule has 16 heavy (non-hydrogen) atoms. The lowest BCUT2D eigenvalue weighted by atomic mass is 10.2. The van der Waals surface area contributed by atoms with E-state index in [0.717, 1.165) is 0 Å². The van der Waals surface area contributed by atoms with E-state index >= 15 is 0 Å². The van der Waals surface area contributed by atoms with Crippen molar-refractivity contribution in [2.24, 2.45) is 0 Å². The fourth-order valence-corrected chi connectivity index (χ4v) is 1.74. The summed E-state index contributed by atoms with van der Waals surface area (Å²) in [6.45, 7) is 1.01. The Morgan fingerprint density at radius 1 is 1.38 bits per heavy atom. The van der Waals surface area contributed by atoms with Crippen molar-refractivity contribution in [3.63, 3.8) is 0 Å². The third-order valence-corrected chi connectivity index (χ3v) is 3.35. The molecule has 1 aliphatic rings. The number of carbonyl (C=O) groups is 1. The molecule has 1 amide bonds. The fourth-order valence-electron chi connectivity index (χ4n) is 1.17. The van der Waals surface area contributed by atoms with Crippen molar-refractivity contribution in [1.82, 2.24) is 10.3 Å². The average molecular weight is 282 g/mol. The molecule has 4 nitrogen and oxygen atoms in total. The lowest BCUT2D eigenvalue weighted by Gasteiger charge is -2.26. The van der Waals surface area contributed by atoms with E-state index in [1.807, 2.05) is 0 Å². The molecule has 1 saturated heterocycles. The van der Waals surface area contributed by atoms with Crippen LogP contribution in [0.15, 0.2) is 6.20 Å². The van der Waals surface area contributed by atoms with Gasteiger partial charge >= 0.3 is 0 Å². The predicted molar refractivity (Wildman–Crippen MR) is 61.3 cm³/mol. The smallest absolute Gasteiger partial charge is 0.271 e. The van der Waals surface area contributed by atoms with Crippen LogP contribution >= 0.6 is 34.8 Å². The van der Waals surface area contributed by atoms with Gasteiger partial charge in [0.25, 0.3) is 5.91 Å². The highest BCUT2D eigenvalue weighted by Crippen LogP contribution is 2.31. The molecule has 2 heterocycles. The SMILES string of the molecule is O=C(NC1COC1)c1ncc(Cl)c(Cl)c1Cl. The van der Waals surface area contributed by atoms with E-state index in [9.17, 15) is 4.79 Å². The number of ether oxygens (including phenoxy) is 1. The van der Waals surface area contributed by atoms with Crippen LogP contribution in [0.3, 0.4) is 0 Å². The molecule has 0 atom stereocenters. The third-order valence-electron chi connectivity index (χ3n) is 2.11. The first-order valence-corrected chi connectivity index (χ1v) is 5.61. The van der Waals surface area contributed by atoms with Gasteiger partial charge in [-0.3, -0.25) is 4.79 Å².